The first-order valence-electron chi connectivity index (χ1n) is 9.25. The third-order valence-electron chi connectivity index (χ3n) is 5.62. The van der Waals surface area contributed by atoms with E-state index in [0.717, 1.165) is 24.4 Å². The van der Waals surface area contributed by atoms with E-state index >= 15 is 0 Å². The van der Waals surface area contributed by atoms with Crippen molar-refractivity contribution in [2.24, 2.45) is 5.92 Å². The molecule has 2 fully saturated rings. The highest BCUT2D eigenvalue weighted by Crippen LogP contribution is 2.38. The number of hydrogen-bond acceptors (Lipinski definition) is 5. The van der Waals surface area contributed by atoms with Crippen LogP contribution in [0.4, 0.5) is 23.4 Å². The van der Waals surface area contributed by atoms with Crippen molar-refractivity contribution in [3.05, 3.63) is 47.9 Å². The van der Waals surface area contributed by atoms with Crippen LogP contribution in [-0.2, 0) is 16.2 Å². The molecule has 2 aromatic rings. The number of methoxy groups -OCH3 is 1. The highest BCUT2D eigenvalue weighted by molar-refractivity contribution is 7.89. The Labute approximate surface area is 171 Å². The number of fused-ring (bicyclic) bond motifs is 1. The second-order valence-corrected chi connectivity index (χ2v) is 9.22. The van der Waals surface area contributed by atoms with Gasteiger partial charge in [-0.1, -0.05) is 0 Å². The van der Waals surface area contributed by atoms with Crippen LogP contribution in [0.5, 0.6) is 5.75 Å². The van der Waals surface area contributed by atoms with Gasteiger partial charge >= 0.3 is 6.18 Å². The summed E-state index contributed by atoms with van der Waals surface area (Å²) in [5.41, 5.74) is -0.803. The zero-order valence-electron chi connectivity index (χ0n) is 15.9. The van der Waals surface area contributed by atoms with E-state index < -0.39 is 33.6 Å². The molecular weight excluding hydrogens is 426 g/mol. The Hall–Kier alpha value is -2.40. The molecule has 0 radical (unpaired) electrons. The van der Waals surface area contributed by atoms with Crippen LogP contribution in [0.3, 0.4) is 0 Å². The van der Waals surface area contributed by atoms with Crippen molar-refractivity contribution < 1.29 is 30.7 Å². The zero-order valence-corrected chi connectivity index (χ0v) is 16.8. The molecule has 0 saturated carbocycles. The number of sulfonamides is 1. The maximum atomic E-state index is 14.0. The van der Waals surface area contributed by atoms with Crippen LogP contribution in [0.25, 0.3) is 0 Å². The molecule has 1 aromatic heterocycles. The minimum Gasteiger partial charge on any atom is -0.494 e. The van der Waals surface area contributed by atoms with Crippen LogP contribution in [-0.4, -0.2) is 50.5 Å². The third kappa shape index (κ3) is 3.60. The fourth-order valence-corrected chi connectivity index (χ4v) is 5.82. The van der Waals surface area contributed by atoms with E-state index in [1.165, 1.54) is 23.5 Å². The number of anilines is 1. The van der Waals surface area contributed by atoms with Gasteiger partial charge in [0.25, 0.3) is 0 Å². The number of rotatable bonds is 4. The van der Waals surface area contributed by atoms with Crippen LogP contribution >= 0.6 is 0 Å². The van der Waals surface area contributed by atoms with Gasteiger partial charge in [-0.15, -0.1) is 0 Å². The summed E-state index contributed by atoms with van der Waals surface area (Å²) in [6.45, 7) is 0.897. The van der Waals surface area contributed by atoms with Gasteiger partial charge in [-0.3, -0.25) is 0 Å². The van der Waals surface area contributed by atoms with E-state index in [2.05, 4.69) is 4.98 Å². The van der Waals surface area contributed by atoms with Crippen molar-refractivity contribution in [3.63, 3.8) is 0 Å². The largest absolute Gasteiger partial charge is 0.494 e. The van der Waals surface area contributed by atoms with E-state index in [-0.39, 0.29) is 35.5 Å². The van der Waals surface area contributed by atoms with E-state index in [4.69, 9.17) is 4.74 Å². The average Bonchev–Trinajstić information content (AvgIpc) is 3.28. The predicted octanol–water partition coefficient (Wildman–Crippen LogP) is 3.15. The van der Waals surface area contributed by atoms with Gasteiger partial charge in [0.05, 0.1) is 17.6 Å². The molecule has 2 atom stereocenters. The molecule has 2 saturated heterocycles. The van der Waals surface area contributed by atoms with Gasteiger partial charge in [0.2, 0.25) is 10.0 Å². The van der Waals surface area contributed by atoms with Crippen LogP contribution in [0.15, 0.2) is 41.4 Å². The predicted molar refractivity (Wildman–Crippen MR) is 100 cm³/mol. The maximum absolute atomic E-state index is 14.0. The summed E-state index contributed by atoms with van der Waals surface area (Å²) < 4.78 is 85.4. The van der Waals surface area contributed by atoms with Gasteiger partial charge in [-0.05, 0) is 42.7 Å². The van der Waals surface area contributed by atoms with Gasteiger partial charge in [0, 0.05) is 31.9 Å². The van der Waals surface area contributed by atoms with Crippen molar-refractivity contribution in [2.45, 2.75) is 23.5 Å². The number of benzene rings is 1. The summed E-state index contributed by atoms with van der Waals surface area (Å²) in [6, 6.07) is 4.91. The van der Waals surface area contributed by atoms with Gasteiger partial charge in [0.15, 0.2) is 11.6 Å². The fraction of sp³-hybridized carbons (Fsp3) is 0.421. The third-order valence-corrected chi connectivity index (χ3v) is 7.54. The Bertz CT molecular complexity index is 1060. The molecule has 11 heteroatoms. The number of nitrogens with zero attached hydrogens (tertiary/aromatic N) is 3. The molecule has 30 heavy (non-hydrogen) atoms. The van der Waals surface area contributed by atoms with Crippen LogP contribution in [0, 0.1) is 11.7 Å². The fourth-order valence-electron chi connectivity index (χ4n) is 4.12. The van der Waals surface area contributed by atoms with E-state index in [1.54, 1.807) is 4.90 Å². The first-order chi connectivity index (χ1) is 14.1. The molecular formula is C19H19F4N3O3S. The Morgan fingerprint density at radius 1 is 1.17 bits per heavy atom. The number of hydrogen-bond donors (Lipinski definition) is 0. The first kappa shape index (κ1) is 20.9. The summed E-state index contributed by atoms with van der Waals surface area (Å²) in [4.78, 5) is 5.52. The zero-order chi connectivity index (χ0) is 21.7. The second kappa shape index (κ2) is 7.38. The van der Waals surface area contributed by atoms with Gasteiger partial charge in [-0.2, -0.15) is 17.5 Å². The molecule has 0 amide bonds. The van der Waals surface area contributed by atoms with Gasteiger partial charge in [-0.25, -0.2) is 17.8 Å². The summed E-state index contributed by atoms with van der Waals surface area (Å²) in [7, 11) is -2.68. The molecule has 0 spiro atoms. The highest BCUT2D eigenvalue weighted by Gasteiger charge is 2.47. The lowest BCUT2D eigenvalue weighted by Gasteiger charge is -2.25. The lowest BCUT2D eigenvalue weighted by molar-refractivity contribution is -0.137. The molecule has 4 rings (SSSR count). The summed E-state index contributed by atoms with van der Waals surface area (Å²) in [6.07, 6.45) is -2.82. The van der Waals surface area contributed by atoms with Crippen molar-refractivity contribution in [2.75, 3.05) is 31.6 Å². The normalized spacial score (nSPS) is 22.4. The average molecular weight is 445 g/mol. The quantitative estimate of drug-likeness (QED) is 0.677. The van der Waals surface area contributed by atoms with Gasteiger partial charge in [0.1, 0.15) is 5.82 Å². The first-order valence-corrected chi connectivity index (χ1v) is 10.7. The lowest BCUT2D eigenvalue weighted by atomic mass is 10.1. The van der Waals surface area contributed by atoms with E-state index in [9.17, 15) is 26.0 Å². The molecule has 1 aromatic carbocycles. The van der Waals surface area contributed by atoms with Crippen molar-refractivity contribution in [1.82, 2.24) is 9.29 Å². The van der Waals surface area contributed by atoms with Crippen LogP contribution in [0.1, 0.15) is 12.0 Å². The molecule has 2 aliphatic heterocycles. The van der Waals surface area contributed by atoms with Crippen LogP contribution < -0.4 is 9.64 Å². The SMILES string of the molecule is COc1ccc(S(=O)(=O)N2CCC3CN(c4cc(C(F)(F)F)ccn4)CC32)cc1F. The molecule has 6 nitrogen and oxygen atoms in total. The molecule has 0 bridgehead atoms. The lowest BCUT2D eigenvalue weighted by Crippen LogP contribution is -2.39. The minimum atomic E-state index is -4.49. The number of pyridine rings is 1. The molecule has 2 unspecified atom stereocenters. The van der Waals surface area contributed by atoms with Crippen molar-refractivity contribution in [1.29, 1.82) is 0 Å². The number of aromatic nitrogens is 1. The molecule has 0 aliphatic carbocycles. The Morgan fingerprint density at radius 3 is 2.60 bits per heavy atom. The van der Waals surface area contributed by atoms with Crippen molar-refractivity contribution in [3.8, 4) is 5.75 Å². The standard InChI is InChI=1S/C19H19F4N3O3S/c1-29-17-3-2-14(9-15(17)20)30(27,28)26-7-5-12-10-25(11-16(12)26)18-8-13(4-6-24-18)19(21,22)23/h2-4,6,8-9,12,16H,5,7,10-11H2,1H3. The van der Waals surface area contributed by atoms with Crippen molar-refractivity contribution >= 4 is 15.8 Å². The number of halogens is 4. The summed E-state index contributed by atoms with van der Waals surface area (Å²) in [5.74, 6) is -0.724. The smallest absolute Gasteiger partial charge is 0.416 e. The molecule has 2 aliphatic rings. The second-order valence-electron chi connectivity index (χ2n) is 7.33. The Kier molecular flexibility index (Phi) is 5.13. The molecule has 3 heterocycles. The van der Waals surface area contributed by atoms with Crippen LogP contribution in [0.2, 0.25) is 0 Å². The highest BCUT2D eigenvalue weighted by atomic mass is 32.2. The van der Waals surface area contributed by atoms with E-state index in [1.807, 2.05) is 0 Å². The van der Waals surface area contributed by atoms with E-state index in [0.29, 0.717) is 13.0 Å². The Balaban J connectivity index is 1.58. The topological polar surface area (TPSA) is 62.7 Å². The summed E-state index contributed by atoms with van der Waals surface area (Å²) in [5, 5.41) is 0. The maximum Gasteiger partial charge on any atom is 0.416 e. The minimum absolute atomic E-state index is 0.0424. The number of alkyl halides is 3. The number of ether oxygens (including phenoxy) is 1. The molecule has 162 valence electrons. The molecule has 0 N–H and O–H groups in total. The van der Waals surface area contributed by atoms with Gasteiger partial charge < -0.3 is 9.64 Å². The Morgan fingerprint density at radius 2 is 1.93 bits per heavy atom. The monoisotopic (exact) mass is 445 g/mol. The summed E-state index contributed by atoms with van der Waals surface area (Å²) >= 11 is 0.